The number of rotatable bonds is 4. The molecule has 1 fully saturated rings. The molecule has 1 aliphatic rings. The highest BCUT2D eigenvalue weighted by atomic mass is 79.9. The van der Waals surface area contributed by atoms with Crippen LogP contribution in [0.5, 0.6) is 5.75 Å². The zero-order valence-electron chi connectivity index (χ0n) is 13.2. The van der Waals surface area contributed by atoms with Crippen LogP contribution in [0.2, 0.25) is 0 Å². The maximum atomic E-state index is 12.4. The van der Waals surface area contributed by atoms with Gasteiger partial charge in [-0.15, -0.1) is 0 Å². The van der Waals surface area contributed by atoms with Crippen molar-refractivity contribution in [3.63, 3.8) is 0 Å². The average molecular weight is 389 g/mol. The standard InChI is InChI=1S/C18H17BrN2O3/c1-24-16-8-6-15(7-9-16)21-11-12(10-17(21)22)18(23)20-14-4-2-13(19)3-5-14/h2-9,12H,10-11H2,1H3,(H,20,23)/t12-/m1/s1. The molecule has 0 aliphatic carbocycles. The Labute approximate surface area is 148 Å². The van der Waals surface area contributed by atoms with Gasteiger partial charge in [0.05, 0.1) is 13.0 Å². The molecule has 1 heterocycles. The Morgan fingerprint density at radius 3 is 2.46 bits per heavy atom. The molecule has 1 saturated heterocycles. The number of carbonyl (C=O) groups excluding carboxylic acids is 2. The summed E-state index contributed by atoms with van der Waals surface area (Å²) >= 11 is 3.36. The number of amides is 2. The molecule has 2 aromatic rings. The van der Waals surface area contributed by atoms with Crippen molar-refractivity contribution in [3.05, 3.63) is 53.0 Å². The fourth-order valence-electron chi connectivity index (χ4n) is 2.67. The first-order valence-electron chi connectivity index (χ1n) is 7.57. The van der Waals surface area contributed by atoms with Gasteiger partial charge in [-0.2, -0.15) is 0 Å². The van der Waals surface area contributed by atoms with Crippen molar-refractivity contribution in [2.24, 2.45) is 5.92 Å². The van der Waals surface area contributed by atoms with Crippen molar-refractivity contribution in [3.8, 4) is 5.75 Å². The highest BCUT2D eigenvalue weighted by Crippen LogP contribution is 2.27. The number of ether oxygens (including phenoxy) is 1. The first kappa shape index (κ1) is 16.5. The van der Waals surface area contributed by atoms with Crippen molar-refractivity contribution in [2.75, 3.05) is 23.9 Å². The molecule has 2 amide bonds. The second-order valence-electron chi connectivity index (χ2n) is 5.60. The summed E-state index contributed by atoms with van der Waals surface area (Å²) in [6, 6.07) is 14.6. The number of hydrogen-bond donors (Lipinski definition) is 1. The van der Waals surface area contributed by atoms with Gasteiger partial charge in [0, 0.05) is 28.8 Å². The minimum absolute atomic E-state index is 0.0453. The Morgan fingerprint density at radius 1 is 1.17 bits per heavy atom. The quantitative estimate of drug-likeness (QED) is 0.872. The van der Waals surface area contributed by atoms with Crippen LogP contribution in [0.3, 0.4) is 0 Å². The zero-order chi connectivity index (χ0) is 17.1. The fraction of sp³-hybridized carbons (Fsp3) is 0.222. The molecule has 3 rings (SSSR count). The Balaban J connectivity index is 1.67. The van der Waals surface area contributed by atoms with E-state index in [9.17, 15) is 9.59 Å². The molecule has 0 radical (unpaired) electrons. The Kier molecular flexibility index (Phi) is 4.85. The monoisotopic (exact) mass is 388 g/mol. The lowest BCUT2D eigenvalue weighted by atomic mass is 10.1. The molecule has 0 aromatic heterocycles. The molecule has 124 valence electrons. The molecule has 0 bridgehead atoms. The predicted molar refractivity (Wildman–Crippen MR) is 96.2 cm³/mol. The molecule has 5 nitrogen and oxygen atoms in total. The van der Waals surface area contributed by atoms with Gasteiger partial charge in [0.1, 0.15) is 5.75 Å². The lowest BCUT2D eigenvalue weighted by molar-refractivity contribution is -0.122. The van der Waals surface area contributed by atoms with E-state index in [1.54, 1.807) is 24.1 Å². The van der Waals surface area contributed by atoms with Crippen LogP contribution < -0.4 is 15.0 Å². The summed E-state index contributed by atoms with van der Waals surface area (Å²) in [5, 5.41) is 2.86. The van der Waals surface area contributed by atoms with Crippen LogP contribution in [0.15, 0.2) is 53.0 Å². The zero-order valence-corrected chi connectivity index (χ0v) is 14.7. The minimum atomic E-state index is -0.358. The maximum absolute atomic E-state index is 12.4. The van der Waals surface area contributed by atoms with E-state index in [1.807, 2.05) is 36.4 Å². The predicted octanol–water partition coefficient (Wildman–Crippen LogP) is 3.45. The molecular weight excluding hydrogens is 372 g/mol. The summed E-state index contributed by atoms with van der Waals surface area (Å²) in [5.74, 6) is 0.191. The van der Waals surface area contributed by atoms with Crippen LogP contribution in [0.25, 0.3) is 0 Å². The normalized spacial score (nSPS) is 17.0. The van der Waals surface area contributed by atoms with Crippen LogP contribution in [-0.2, 0) is 9.59 Å². The van der Waals surface area contributed by atoms with Gasteiger partial charge in [0.2, 0.25) is 11.8 Å². The molecule has 0 spiro atoms. The van der Waals surface area contributed by atoms with Gasteiger partial charge in [0.25, 0.3) is 0 Å². The van der Waals surface area contributed by atoms with E-state index in [0.717, 1.165) is 21.6 Å². The number of benzene rings is 2. The molecule has 1 aliphatic heterocycles. The summed E-state index contributed by atoms with van der Waals surface area (Å²) in [5.41, 5.74) is 1.50. The second kappa shape index (κ2) is 7.05. The first-order chi connectivity index (χ1) is 11.6. The van der Waals surface area contributed by atoms with Crippen LogP contribution in [0, 0.1) is 5.92 Å². The van der Waals surface area contributed by atoms with E-state index >= 15 is 0 Å². The summed E-state index contributed by atoms with van der Waals surface area (Å²) in [4.78, 5) is 26.3. The number of nitrogens with one attached hydrogen (secondary N) is 1. The SMILES string of the molecule is COc1ccc(N2C[C@H](C(=O)Nc3ccc(Br)cc3)CC2=O)cc1. The van der Waals surface area contributed by atoms with Gasteiger partial charge >= 0.3 is 0 Å². The molecule has 6 heteroatoms. The van der Waals surface area contributed by atoms with Crippen molar-refractivity contribution in [1.29, 1.82) is 0 Å². The van der Waals surface area contributed by atoms with Crippen LogP contribution in [0.1, 0.15) is 6.42 Å². The van der Waals surface area contributed by atoms with Gasteiger partial charge in [-0.05, 0) is 48.5 Å². The van der Waals surface area contributed by atoms with Crippen molar-refractivity contribution in [1.82, 2.24) is 0 Å². The molecule has 0 saturated carbocycles. The van der Waals surface area contributed by atoms with Crippen LogP contribution in [-0.4, -0.2) is 25.5 Å². The third-order valence-corrected chi connectivity index (χ3v) is 4.52. The number of carbonyl (C=O) groups is 2. The molecule has 2 aromatic carbocycles. The van der Waals surface area contributed by atoms with Crippen LogP contribution in [0.4, 0.5) is 11.4 Å². The molecule has 0 unspecified atom stereocenters. The highest BCUT2D eigenvalue weighted by molar-refractivity contribution is 9.10. The van der Waals surface area contributed by atoms with Gasteiger partial charge in [-0.3, -0.25) is 9.59 Å². The highest BCUT2D eigenvalue weighted by Gasteiger charge is 2.35. The fourth-order valence-corrected chi connectivity index (χ4v) is 2.94. The van der Waals surface area contributed by atoms with E-state index in [0.29, 0.717) is 6.54 Å². The summed E-state index contributed by atoms with van der Waals surface area (Å²) in [6.45, 7) is 0.382. The number of halogens is 1. The van der Waals surface area contributed by atoms with E-state index < -0.39 is 0 Å². The minimum Gasteiger partial charge on any atom is -0.497 e. The Hall–Kier alpha value is -2.34. The maximum Gasteiger partial charge on any atom is 0.229 e. The topological polar surface area (TPSA) is 58.6 Å². The summed E-state index contributed by atoms with van der Waals surface area (Å²) in [6.07, 6.45) is 0.217. The number of hydrogen-bond acceptors (Lipinski definition) is 3. The van der Waals surface area contributed by atoms with Crippen molar-refractivity contribution < 1.29 is 14.3 Å². The van der Waals surface area contributed by atoms with E-state index in [-0.39, 0.29) is 24.2 Å². The number of nitrogens with zero attached hydrogens (tertiary/aromatic N) is 1. The third kappa shape index (κ3) is 3.59. The van der Waals surface area contributed by atoms with Crippen LogP contribution >= 0.6 is 15.9 Å². The van der Waals surface area contributed by atoms with Gasteiger partial charge in [-0.25, -0.2) is 0 Å². The molecular formula is C18H17BrN2O3. The number of methoxy groups -OCH3 is 1. The average Bonchev–Trinajstić information content (AvgIpc) is 2.99. The molecule has 24 heavy (non-hydrogen) atoms. The first-order valence-corrected chi connectivity index (χ1v) is 8.37. The van der Waals surface area contributed by atoms with Gasteiger partial charge in [-0.1, -0.05) is 15.9 Å². The van der Waals surface area contributed by atoms with Gasteiger partial charge < -0.3 is 15.0 Å². The smallest absolute Gasteiger partial charge is 0.229 e. The van der Waals surface area contributed by atoms with E-state index in [1.165, 1.54) is 0 Å². The van der Waals surface area contributed by atoms with Crippen molar-refractivity contribution >= 4 is 39.1 Å². The lowest BCUT2D eigenvalue weighted by Gasteiger charge is -2.17. The third-order valence-electron chi connectivity index (χ3n) is 3.99. The van der Waals surface area contributed by atoms with E-state index in [4.69, 9.17) is 4.74 Å². The Bertz CT molecular complexity index is 744. The molecule has 1 atom stereocenters. The number of anilines is 2. The largest absolute Gasteiger partial charge is 0.497 e. The second-order valence-corrected chi connectivity index (χ2v) is 6.52. The Morgan fingerprint density at radius 2 is 1.83 bits per heavy atom. The van der Waals surface area contributed by atoms with Crippen molar-refractivity contribution in [2.45, 2.75) is 6.42 Å². The van der Waals surface area contributed by atoms with E-state index in [2.05, 4.69) is 21.2 Å². The van der Waals surface area contributed by atoms with Gasteiger partial charge in [0.15, 0.2) is 0 Å². The lowest BCUT2D eigenvalue weighted by Crippen LogP contribution is -2.28. The summed E-state index contributed by atoms with van der Waals surface area (Å²) in [7, 11) is 1.60. The summed E-state index contributed by atoms with van der Waals surface area (Å²) < 4.78 is 6.07. The molecule has 1 N–H and O–H groups in total.